The van der Waals surface area contributed by atoms with Crippen molar-refractivity contribution in [2.24, 2.45) is 4.99 Å². The third kappa shape index (κ3) is 5.30. The fourth-order valence-corrected chi connectivity index (χ4v) is 6.19. The van der Waals surface area contributed by atoms with Crippen LogP contribution in [0.1, 0.15) is 35.9 Å². The van der Waals surface area contributed by atoms with Gasteiger partial charge in [-0.2, -0.15) is 0 Å². The van der Waals surface area contributed by atoms with Crippen molar-refractivity contribution in [1.29, 1.82) is 0 Å². The number of carbonyl (C=O) groups is 1. The Hall–Kier alpha value is -4.02. The number of hydrogen-bond donors (Lipinski definition) is 0. The molecule has 1 aliphatic heterocycles. The quantitative estimate of drug-likeness (QED) is 0.293. The smallest absolute Gasteiger partial charge is 0.338 e. The monoisotopic (exact) mass is 564 g/mol. The van der Waals surface area contributed by atoms with Gasteiger partial charge >= 0.3 is 5.97 Å². The van der Waals surface area contributed by atoms with E-state index in [1.165, 1.54) is 35.8 Å². The second-order valence-corrected chi connectivity index (χ2v) is 10.6. The number of rotatable bonds is 8. The summed E-state index contributed by atoms with van der Waals surface area (Å²) < 4.78 is 32.6. The summed E-state index contributed by atoms with van der Waals surface area (Å²) in [6, 6.07) is 14.9. The number of esters is 1. The fraction of sp³-hybridized carbons (Fsp3) is 0.207. The van der Waals surface area contributed by atoms with Crippen molar-refractivity contribution in [3.8, 4) is 11.5 Å². The Morgan fingerprint density at radius 2 is 1.97 bits per heavy atom. The van der Waals surface area contributed by atoms with Gasteiger partial charge in [0.15, 0.2) is 16.3 Å². The molecule has 39 heavy (non-hydrogen) atoms. The lowest BCUT2D eigenvalue weighted by molar-refractivity contribution is -0.139. The minimum absolute atomic E-state index is 0.0475. The fourth-order valence-electron chi connectivity index (χ4n) is 4.32. The van der Waals surface area contributed by atoms with Gasteiger partial charge in [-0.3, -0.25) is 9.36 Å². The van der Waals surface area contributed by atoms with Crippen LogP contribution in [-0.4, -0.2) is 24.3 Å². The molecular formula is C29H25FN2O5S2. The summed E-state index contributed by atoms with van der Waals surface area (Å²) in [4.78, 5) is 32.5. The maximum Gasteiger partial charge on any atom is 0.338 e. The zero-order chi connectivity index (χ0) is 27.5. The molecule has 0 amide bonds. The second-order valence-electron chi connectivity index (χ2n) is 8.61. The molecule has 0 unspecified atom stereocenters. The summed E-state index contributed by atoms with van der Waals surface area (Å²) in [5.74, 6) is 0.0735. The number of benzene rings is 2. The van der Waals surface area contributed by atoms with E-state index in [1.54, 1.807) is 60.9 Å². The standard InChI is InChI=1S/C29H25FN2O5S2/c1-4-36-28(34)25-17(2)31-29-32(26(25)23-10-7-13-38-23)27(33)24(39-29)15-18-11-12-21(22(14-18)35-3)37-16-19-8-5-6-9-20(19)30/h5-15,26H,4,16H2,1-3H3/b24-15-/t26-/m1/s1. The van der Waals surface area contributed by atoms with Crippen LogP contribution in [0, 0.1) is 5.82 Å². The van der Waals surface area contributed by atoms with E-state index in [4.69, 9.17) is 14.2 Å². The molecule has 4 aromatic rings. The highest BCUT2D eigenvalue weighted by Crippen LogP contribution is 2.33. The van der Waals surface area contributed by atoms with Crippen LogP contribution in [-0.2, 0) is 16.1 Å². The molecule has 0 fully saturated rings. The van der Waals surface area contributed by atoms with Crippen LogP contribution in [0.15, 0.2) is 81.0 Å². The van der Waals surface area contributed by atoms with Crippen LogP contribution >= 0.6 is 22.7 Å². The van der Waals surface area contributed by atoms with Crippen molar-refractivity contribution in [3.05, 3.63) is 113 Å². The van der Waals surface area contributed by atoms with Crippen molar-refractivity contribution in [3.63, 3.8) is 0 Å². The summed E-state index contributed by atoms with van der Waals surface area (Å²) >= 11 is 2.71. The minimum Gasteiger partial charge on any atom is -0.493 e. The Balaban J connectivity index is 1.52. The zero-order valence-electron chi connectivity index (χ0n) is 21.5. The molecule has 3 heterocycles. The van der Waals surface area contributed by atoms with Crippen molar-refractivity contribution in [2.75, 3.05) is 13.7 Å². The number of allylic oxidation sites excluding steroid dienone is 1. The van der Waals surface area contributed by atoms with Gasteiger partial charge in [-0.25, -0.2) is 14.2 Å². The number of thiazole rings is 1. The highest BCUT2D eigenvalue weighted by Gasteiger charge is 2.33. The first-order valence-corrected chi connectivity index (χ1v) is 13.9. The predicted molar refractivity (Wildman–Crippen MR) is 148 cm³/mol. The van der Waals surface area contributed by atoms with Gasteiger partial charge in [-0.05, 0) is 55.1 Å². The summed E-state index contributed by atoms with van der Waals surface area (Å²) in [6.07, 6.45) is 1.75. The summed E-state index contributed by atoms with van der Waals surface area (Å²) in [5, 5.41) is 1.91. The molecular weight excluding hydrogens is 539 g/mol. The Labute approximate surface area is 231 Å². The van der Waals surface area contributed by atoms with E-state index < -0.39 is 12.0 Å². The van der Waals surface area contributed by atoms with E-state index in [-0.39, 0.29) is 24.6 Å². The third-order valence-electron chi connectivity index (χ3n) is 6.16. The van der Waals surface area contributed by atoms with E-state index in [1.807, 2.05) is 17.5 Å². The van der Waals surface area contributed by atoms with Crippen molar-refractivity contribution >= 4 is 34.7 Å². The lowest BCUT2D eigenvalue weighted by Gasteiger charge is -2.23. The Morgan fingerprint density at radius 3 is 2.69 bits per heavy atom. The number of thiophene rings is 1. The summed E-state index contributed by atoms with van der Waals surface area (Å²) in [6.45, 7) is 3.77. The number of nitrogens with zero attached hydrogens (tertiary/aromatic N) is 2. The Morgan fingerprint density at radius 1 is 1.15 bits per heavy atom. The Bertz CT molecular complexity index is 1740. The van der Waals surface area contributed by atoms with Gasteiger partial charge in [0.25, 0.3) is 5.56 Å². The van der Waals surface area contributed by atoms with Gasteiger partial charge in [0.1, 0.15) is 18.5 Å². The molecule has 0 spiro atoms. The van der Waals surface area contributed by atoms with Crippen LogP contribution in [0.25, 0.3) is 6.08 Å². The topological polar surface area (TPSA) is 79.1 Å². The number of halogens is 1. The number of aromatic nitrogens is 1. The third-order valence-corrected chi connectivity index (χ3v) is 8.06. The van der Waals surface area contributed by atoms with Gasteiger partial charge in [0, 0.05) is 10.4 Å². The maximum absolute atomic E-state index is 14.0. The van der Waals surface area contributed by atoms with Crippen LogP contribution in [0.2, 0.25) is 0 Å². The van der Waals surface area contributed by atoms with E-state index in [0.717, 1.165) is 4.88 Å². The van der Waals surface area contributed by atoms with Gasteiger partial charge < -0.3 is 14.2 Å². The van der Waals surface area contributed by atoms with Gasteiger partial charge in [0.05, 0.1) is 29.5 Å². The average molecular weight is 565 g/mol. The van der Waals surface area contributed by atoms with E-state index >= 15 is 0 Å². The SMILES string of the molecule is CCOC(=O)C1=C(C)N=c2s/c(=C\c3ccc(OCc4ccccc4F)c(OC)c3)c(=O)n2[C@@H]1c1cccs1. The van der Waals surface area contributed by atoms with E-state index in [0.29, 0.717) is 43.2 Å². The highest BCUT2D eigenvalue weighted by molar-refractivity contribution is 7.10. The molecule has 10 heteroatoms. The molecule has 0 saturated carbocycles. The first kappa shape index (κ1) is 26.6. The zero-order valence-corrected chi connectivity index (χ0v) is 23.1. The van der Waals surface area contributed by atoms with E-state index in [9.17, 15) is 14.0 Å². The molecule has 7 nitrogen and oxygen atoms in total. The first-order chi connectivity index (χ1) is 18.9. The van der Waals surface area contributed by atoms with Gasteiger partial charge in [0.2, 0.25) is 0 Å². The molecule has 2 aromatic carbocycles. The molecule has 2 aromatic heterocycles. The maximum atomic E-state index is 14.0. The predicted octanol–water partition coefficient (Wildman–Crippen LogP) is 4.59. The largest absolute Gasteiger partial charge is 0.493 e. The van der Waals surface area contributed by atoms with Crippen LogP contribution in [0.3, 0.4) is 0 Å². The number of hydrogen-bond acceptors (Lipinski definition) is 8. The molecule has 0 saturated heterocycles. The molecule has 0 radical (unpaired) electrons. The number of fused-ring (bicyclic) bond motifs is 1. The molecule has 1 aliphatic rings. The number of ether oxygens (including phenoxy) is 3. The highest BCUT2D eigenvalue weighted by atomic mass is 32.1. The van der Waals surface area contributed by atoms with Gasteiger partial charge in [-0.1, -0.05) is 41.7 Å². The van der Waals surface area contributed by atoms with Gasteiger partial charge in [-0.15, -0.1) is 11.3 Å². The lowest BCUT2D eigenvalue weighted by Crippen LogP contribution is -2.39. The number of methoxy groups -OCH3 is 1. The first-order valence-electron chi connectivity index (χ1n) is 12.2. The lowest BCUT2D eigenvalue weighted by atomic mass is 10.0. The van der Waals surface area contributed by atoms with Crippen LogP contribution < -0.4 is 24.4 Å². The second kappa shape index (κ2) is 11.4. The molecule has 0 aliphatic carbocycles. The molecule has 0 bridgehead atoms. The van der Waals surface area contributed by atoms with Crippen LogP contribution in [0.5, 0.6) is 11.5 Å². The van der Waals surface area contributed by atoms with Crippen molar-refractivity contribution in [1.82, 2.24) is 4.57 Å². The van der Waals surface area contributed by atoms with Crippen molar-refractivity contribution in [2.45, 2.75) is 26.5 Å². The van der Waals surface area contributed by atoms with Crippen LogP contribution in [0.4, 0.5) is 4.39 Å². The van der Waals surface area contributed by atoms with Crippen molar-refractivity contribution < 1.29 is 23.4 Å². The molecule has 1 atom stereocenters. The minimum atomic E-state index is -0.619. The molecule has 200 valence electrons. The average Bonchev–Trinajstić information content (AvgIpc) is 3.56. The normalized spacial score (nSPS) is 15.1. The summed E-state index contributed by atoms with van der Waals surface area (Å²) in [5.41, 5.74) is 1.77. The molecule has 5 rings (SSSR count). The number of carbonyl (C=O) groups excluding carboxylic acids is 1. The van der Waals surface area contributed by atoms with E-state index in [2.05, 4.69) is 4.99 Å². The summed E-state index contributed by atoms with van der Waals surface area (Å²) in [7, 11) is 1.52. The molecule has 0 N–H and O–H groups in total. The Kier molecular flexibility index (Phi) is 7.76.